The molecule has 1 amide bonds. The number of ether oxygens (including phenoxy) is 2. The lowest BCUT2D eigenvalue weighted by atomic mass is 9.96. The SMILES string of the molecule is CO/C(=N/NC(=O)OC(C)(C)C)C(C)(O)c1ccc(Cl)c(Cl)c1. The second-order valence-electron chi connectivity index (χ2n) is 5.94. The molecule has 0 spiro atoms. The van der Waals surface area contributed by atoms with E-state index in [1.54, 1.807) is 32.9 Å². The van der Waals surface area contributed by atoms with Crippen LogP contribution in [0.3, 0.4) is 0 Å². The molecule has 0 bridgehead atoms. The van der Waals surface area contributed by atoms with Gasteiger partial charge >= 0.3 is 6.09 Å². The van der Waals surface area contributed by atoms with Gasteiger partial charge in [0, 0.05) is 0 Å². The number of aliphatic hydroxyl groups is 1. The Labute approximate surface area is 145 Å². The maximum Gasteiger partial charge on any atom is 0.428 e. The lowest BCUT2D eigenvalue weighted by molar-refractivity contribution is 0.0521. The Morgan fingerprint density at radius 3 is 2.30 bits per heavy atom. The Bertz CT molecular complexity index is 610. The molecule has 1 unspecified atom stereocenters. The first kappa shape index (κ1) is 19.5. The van der Waals surface area contributed by atoms with E-state index in [1.807, 2.05) is 0 Å². The van der Waals surface area contributed by atoms with Crippen molar-refractivity contribution in [3.05, 3.63) is 33.8 Å². The first-order valence-electron chi connectivity index (χ1n) is 6.76. The molecule has 0 aliphatic rings. The Hall–Kier alpha value is -1.50. The van der Waals surface area contributed by atoms with E-state index in [1.165, 1.54) is 20.1 Å². The summed E-state index contributed by atoms with van der Waals surface area (Å²) in [6.07, 6.45) is -0.767. The minimum atomic E-state index is -1.63. The van der Waals surface area contributed by atoms with Gasteiger partial charge in [-0.15, -0.1) is 5.10 Å². The summed E-state index contributed by atoms with van der Waals surface area (Å²) in [7, 11) is 1.32. The van der Waals surface area contributed by atoms with Crippen LogP contribution in [0.2, 0.25) is 10.0 Å². The summed E-state index contributed by atoms with van der Waals surface area (Å²) in [5.41, 5.74) is 0.282. The van der Waals surface area contributed by atoms with Gasteiger partial charge in [0.2, 0.25) is 5.90 Å². The highest BCUT2D eigenvalue weighted by atomic mass is 35.5. The zero-order chi connectivity index (χ0) is 17.8. The first-order chi connectivity index (χ1) is 10.5. The van der Waals surface area contributed by atoms with Crippen LogP contribution in [0.5, 0.6) is 0 Å². The van der Waals surface area contributed by atoms with Crippen LogP contribution < -0.4 is 5.43 Å². The smallest absolute Gasteiger partial charge is 0.428 e. The molecule has 23 heavy (non-hydrogen) atoms. The van der Waals surface area contributed by atoms with Crippen molar-refractivity contribution in [1.82, 2.24) is 5.43 Å². The Morgan fingerprint density at radius 1 is 1.22 bits per heavy atom. The van der Waals surface area contributed by atoms with Crippen molar-refractivity contribution in [3.8, 4) is 0 Å². The van der Waals surface area contributed by atoms with Gasteiger partial charge in [0.15, 0.2) is 5.60 Å². The fourth-order valence-corrected chi connectivity index (χ4v) is 1.97. The highest BCUT2D eigenvalue weighted by molar-refractivity contribution is 6.42. The van der Waals surface area contributed by atoms with Gasteiger partial charge in [-0.3, -0.25) is 0 Å². The van der Waals surface area contributed by atoms with Crippen molar-refractivity contribution >= 4 is 35.2 Å². The number of carbonyl (C=O) groups is 1. The molecule has 1 atom stereocenters. The summed E-state index contributed by atoms with van der Waals surface area (Å²) in [6.45, 7) is 6.61. The van der Waals surface area contributed by atoms with Gasteiger partial charge in [-0.25, -0.2) is 10.2 Å². The van der Waals surface area contributed by atoms with Crippen LogP contribution in [0.15, 0.2) is 23.3 Å². The number of halogens is 2. The van der Waals surface area contributed by atoms with Crippen LogP contribution in [0.4, 0.5) is 4.79 Å². The summed E-state index contributed by atoms with van der Waals surface area (Å²) in [6, 6.07) is 4.62. The van der Waals surface area contributed by atoms with Gasteiger partial charge < -0.3 is 14.6 Å². The number of amides is 1. The third-order valence-electron chi connectivity index (χ3n) is 2.74. The number of hydrazone groups is 1. The molecule has 0 saturated carbocycles. The molecule has 1 aromatic rings. The average molecular weight is 363 g/mol. The monoisotopic (exact) mass is 362 g/mol. The normalized spacial score (nSPS) is 14.9. The Morgan fingerprint density at radius 2 is 1.83 bits per heavy atom. The minimum absolute atomic E-state index is 0.137. The molecule has 6 nitrogen and oxygen atoms in total. The Balaban J connectivity index is 2.99. The van der Waals surface area contributed by atoms with Gasteiger partial charge in [-0.1, -0.05) is 29.3 Å². The fraction of sp³-hybridized carbons (Fsp3) is 0.467. The molecule has 128 valence electrons. The van der Waals surface area contributed by atoms with E-state index in [0.29, 0.717) is 10.6 Å². The molecular weight excluding hydrogens is 343 g/mol. The number of hydrogen-bond donors (Lipinski definition) is 2. The number of hydrogen-bond acceptors (Lipinski definition) is 5. The molecule has 0 aliphatic heterocycles. The van der Waals surface area contributed by atoms with Gasteiger partial charge in [-0.2, -0.15) is 0 Å². The van der Waals surface area contributed by atoms with Crippen LogP contribution in [-0.2, 0) is 15.1 Å². The van der Waals surface area contributed by atoms with E-state index >= 15 is 0 Å². The van der Waals surface area contributed by atoms with E-state index in [0.717, 1.165) is 0 Å². The fourth-order valence-electron chi connectivity index (χ4n) is 1.67. The van der Waals surface area contributed by atoms with E-state index < -0.39 is 17.3 Å². The molecule has 0 heterocycles. The highest BCUT2D eigenvalue weighted by Crippen LogP contribution is 2.29. The van der Waals surface area contributed by atoms with E-state index in [2.05, 4.69) is 10.5 Å². The van der Waals surface area contributed by atoms with Crippen molar-refractivity contribution in [3.63, 3.8) is 0 Å². The molecule has 8 heteroatoms. The van der Waals surface area contributed by atoms with Crippen LogP contribution in [0.25, 0.3) is 0 Å². The second kappa shape index (κ2) is 7.38. The van der Waals surface area contributed by atoms with Crippen molar-refractivity contribution < 1.29 is 19.4 Å². The van der Waals surface area contributed by atoms with Gasteiger partial charge in [0.1, 0.15) is 5.60 Å². The zero-order valence-electron chi connectivity index (χ0n) is 13.6. The number of methoxy groups -OCH3 is 1. The third-order valence-corrected chi connectivity index (χ3v) is 3.48. The highest BCUT2D eigenvalue weighted by Gasteiger charge is 2.32. The maximum atomic E-state index is 11.6. The molecular formula is C15H20Cl2N2O4. The van der Waals surface area contributed by atoms with Crippen molar-refractivity contribution in [1.29, 1.82) is 0 Å². The number of rotatable bonds is 3. The topological polar surface area (TPSA) is 80.2 Å². The largest absolute Gasteiger partial charge is 0.481 e. The van der Waals surface area contributed by atoms with Crippen molar-refractivity contribution in [2.45, 2.75) is 38.9 Å². The molecule has 0 aromatic heterocycles. The lowest BCUT2D eigenvalue weighted by Crippen LogP contribution is -2.37. The van der Waals surface area contributed by atoms with Crippen LogP contribution >= 0.6 is 23.2 Å². The third kappa shape index (κ3) is 5.57. The maximum absolute atomic E-state index is 11.6. The molecule has 0 fully saturated rings. The number of benzene rings is 1. The predicted molar refractivity (Wildman–Crippen MR) is 89.8 cm³/mol. The summed E-state index contributed by atoms with van der Waals surface area (Å²) >= 11 is 11.8. The molecule has 1 rings (SSSR count). The molecule has 0 aliphatic carbocycles. The number of nitrogens with zero attached hydrogens (tertiary/aromatic N) is 1. The number of nitrogens with one attached hydrogen (secondary N) is 1. The van der Waals surface area contributed by atoms with Gasteiger partial charge in [-0.05, 0) is 45.4 Å². The first-order valence-corrected chi connectivity index (χ1v) is 7.52. The van der Waals surface area contributed by atoms with Crippen molar-refractivity contribution in [2.24, 2.45) is 5.10 Å². The molecule has 2 N–H and O–H groups in total. The number of carbonyl (C=O) groups excluding carboxylic acids is 1. The van der Waals surface area contributed by atoms with Crippen molar-refractivity contribution in [2.75, 3.05) is 7.11 Å². The summed E-state index contributed by atoms with van der Waals surface area (Å²) in [5, 5.41) is 15.1. The summed E-state index contributed by atoms with van der Waals surface area (Å²) in [4.78, 5) is 11.6. The van der Waals surface area contributed by atoms with Crippen LogP contribution in [0, 0.1) is 0 Å². The molecule has 1 aromatic carbocycles. The van der Waals surface area contributed by atoms with Gasteiger partial charge in [0.25, 0.3) is 0 Å². The minimum Gasteiger partial charge on any atom is -0.481 e. The van der Waals surface area contributed by atoms with E-state index in [-0.39, 0.29) is 10.9 Å². The van der Waals surface area contributed by atoms with Crippen LogP contribution in [-0.4, -0.2) is 29.8 Å². The molecule has 0 saturated heterocycles. The lowest BCUT2D eigenvalue weighted by Gasteiger charge is -2.25. The van der Waals surface area contributed by atoms with E-state index in [4.69, 9.17) is 32.7 Å². The average Bonchev–Trinajstić information content (AvgIpc) is 2.40. The Kier molecular flexibility index (Phi) is 6.27. The second-order valence-corrected chi connectivity index (χ2v) is 6.75. The van der Waals surface area contributed by atoms with Crippen LogP contribution in [0.1, 0.15) is 33.3 Å². The molecule has 0 radical (unpaired) electrons. The van der Waals surface area contributed by atoms with Gasteiger partial charge in [0.05, 0.1) is 17.2 Å². The summed E-state index contributed by atoms with van der Waals surface area (Å²) < 4.78 is 10.1. The zero-order valence-corrected chi connectivity index (χ0v) is 15.1. The van der Waals surface area contributed by atoms with E-state index in [9.17, 15) is 9.90 Å². The quantitative estimate of drug-likeness (QED) is 0.488. The predicted octanol–water partition coefficient (Wildman–Crippen LogP) is 3.69. The summed E-state index contributed by atoms with van der Waals surface area (Å²) in [5.74, 6) is -0.137. The standard InChI is InChI=1S/C15H20Cl2N2O4/c1-14(2,3)23-13(20)19-18-12(22-5)15(4,21)9-6-7-10(16)11(17)8-9/h6-8,21H,1-5H3,(H,19,20)/b18-12+.